The fourth-order valence-electron chi connectivity index (χ4n) is 2.83. The van der Waals surface area contributed by atoms with Gasteiger partial charge in [-0.3, -0.25) is 4.72 Å². The van der Waals surface area contributed by atoms with E-state index >= 15 is 0 Å². The van der Waals surface area contributed by atoms with Crippen molar-refractivity contribution >= 4 is 21.4 Å². The first-order chi connectivity index (χ1) is 11.8. The van der Waals surface area contributed by atoms with Crippen molar-refractivity contribution in [1.29, 1.82) is 0 Å². The van der Waals surface area contributed by atoms with Crippen LogP contribution in [0.15, 0.2) is 53.4 Å². The van der Waals surface area contributed by atoms with Gasteiger partial charge in [0.15, 0.2) is 0 Å². The molecule has 1 N–H and O–H groups in total. The maximum absolute atomic E-state index is 13.0. The molecule has 0 aromatic heterocycles. The van der Waals surface area contributed by atoms with Crippen LogP contribution in [0.1, 0.15) is 18.4 Å². The van der Waals surface area contributed by atoms with Gasteiger partial charge in [-0.15, -0.1) is 0 Å². The molecule has 4 nitrogen and oxygen atoms in total. The van der Waals surface area contributed by atoms with Crippen LogP contribution < -0.4 is 9.62 Å². The Labute approximate surface area is 144 Å². The molecule has 1 aliphatic rings. The molecule has 134 valence electrons. The lowest BCUT2D eigenvalue weighted by molar-refractivity contribution is -0.137. The number of nitrogens with zero attached hydrogens (tertiary/aromatic N) is 1. The van der Waals surface area contributed by atoms with Gasteiger partial charge in [0.25, 0.3) is 10.0 Å². The van der Waals surface area contributed by atoms with Crippen molar-refractivity contribution in [2.75, 3.05) is 22.7 Å². The predicted octanol–water partition coefficient (Wildman–Crippen LogP) is 4.11. The number of benzene rings is 2. The first-order valence-electron chi connectivity index (χ1n) is 7.81. The first-order valence-corrected chi connectivity index (χ1v) is 9.30. The molecular weight excluding hydrogens is 353 g/mol. The number of sulfonamides is 1. The zero-order chi connectivity index (χ0) is 18.1. The Kier molecular flexibility index (Phi) is 4.64. The highest BCUT2D eigenvalue weighted by molar-refractivity contribution is 7.92. The molecule has 1 saturated heterocycles. The van der Waals surface area contributed by atoms with Gasteiger partial charge in [0.2, 0.25) is 0 Å². The zero-order valence-corrected chi connectivity index (χ0v) is 14.1. The number of hydrogen-bond acceptors (Lipinski definition) is 3. The lowest BCUT2D eigenvalue weighted by atomic mass is 10.1. The molecule has 0 radical (unpaired) electrons. The smallest absolute Gasteiger partial charge is 0.370 e. The highest BCUT2D eigenvalue weighted by Crippen LogP contribution is 2.37. The Morgan fingerprint density at radius 1 is 0.960 bits per heavy atom. The summed E-state index contributed by atoms with van der Waals surface area (Å²) < 4.78 is 66.5. The number of alkyl halides is 3. The molecule has 0 saturated carbocycles. The number of hydrogen-bond donors (Lipinski definition) is 1. The fourth-order valence-corrected chi connectivity index (χ4v) is 3.92. The summed E-state index contributed by atoms with van der Waals surface area (Å²) in [4.78, 5) is 1.89. The van der Waals surface area contributed by atoms with Gasteiger partial charge >= 0.3 is 6.18 Å². The highest BCUT2D eigenvalue weighted by Gasteiger charge is 2.32. The van der Waals surface area contributed by atoms with E-state index in [0.717, 1.165) is 25.0 Å². The van der Waals surface area contributed by atoms with Crippen LogP contribution in [0.3, 0.4) is 0 Å². The molecule has 3 rings (SSSR count). The minimum absolute atomic E-state index is 0.000200. The second-order valence-corrected chi connectivity index (χ2v) is 7.52. The van der Waals surface area contributed by atoms with Crippen molar-refractivity contribution in [3.63, 3.8) is 0 Å². The molecule has 0 unspecified atom stereocenters. The largest absolute Gasteiger partial charge is 0.416 e. The summed E-state index contributed by atoms with van der Waals surface area (Å²) in [5.74, 6) is 0. The molecule has 0 amide bonds. The third kappa shape index (κ3) is 3.89. The zero-order valence-electron chi connectivity index (χ0n) is 13.3. The van der Waals surface area contributed by atoms with Crippen LogP contribution in [0.5, 0.6) is 0 Å². The van der Waals surface area contributed by atoms with Crippen LogP contribution in [0.4, 0.5) is 24.5 Å². The molecule has 0 atom stereocenters. The summed E-state index contributed by atoms with van der Waals surface area (Å²) in [6.07, 6.45) is -2.70. The van der Waals surface area contributed by atoms with E-state index in [4.69, 9.17) is 0 Å². The van der Waals surface area contributed by atoms with Crippen LogP contribution in [0.25, 0.3) is 0 Å². The molecule has 0 bridgehead atoms. The van der Waals surface area contributed by atoms with Gasteiger partial charge < -0.3 is 4.90 Å². The lowest BCUT2D eigenvalue weighted by Gasteiger charge is -2.23. The van der Waals surface area contributed by atoms with E-state index in [2.05, 4.69) is 4.72 Å². The number of rotatable bonds is 4. The van der Waals surface area contributed by atoms with Crippen molar-refractivity contribution in [3.8, 4) is 0 Å². The van der Waals surface area contributed by atoms with Crippen LogP contribution in [0.2, 0.25) is 0 Å². The Bertz CT molecular complexity index is 846. The van der Waals surface area contributed by atoms with Crippen LogP contribution in [-0.2, 0) is 16.2 Å². The van der Waals surface area contributed by atoms with E-state index in [9.17, 15) is 21.6 Å². The quantitative estimate of drug-likeness (QED) is 0.881. The fraction of sp³-hybridized carbons (Fsp3) is 0.294. The normalized spacial score (nSPS) is 15.4. The van der Waals surface area contributed by atoms with Gasteiger partial charge in [0.1, 0.15) is 0 Å². The topological polar surface area (TPSA) is 49.4 Å². The first kappa shape index (κ1) is 17.6. The van der Waals surface area contributed by atoms with Crippen LogP contribution in [-0.4, -0.2) is 21.5 Å². The lowest BCUT2D eigenvalue weighted by Crippen LogP contribution is -2.22. The Morgan fingerprint density at radius 3 is 2.20 bits per heavy atom. The Hall–Kier alpha value is -2.22. The summed E-state index contributed by atoms with van der Waals surface area (Å²) in [7, 11) is -3.97. The summed E-state index contributed by atoms with van der Waals surface area (Å²) in [5.41, 5.74) is -0.480. The summed E-state index contributed by atoms with van der Waals surface area (Å²) in [6, 6.07) is 10.7. The van der Waals surface area contributed by atoms with Gasteiger partial charge in [-0.1, -0.05) is 18.2 Å². The molecule has 1 aliphatic heterocycles. The van der Waals surface area contributed by atoms with Gasteiger partial charge in [0.05, 0.1) is 21.8 Å². The van der Waals surface area contributed by atoms with Crippen LogP contribution >= 0.6 is 0 Å². The van der Waals surface area contributed by atoms with Crippen LogP contribution in [0, 0.1) is 0 Å². The average Bonchev–Trinajstić information content (AvgIpc) is 3.09. The molecule has 1 fully saturated rings. The van der Waals surface area contributed by atoms with E-state index in [-0.39, 0.29) is 10.6 Å². The SMILES string of the molecule is O=S(=O)(Nc1cc(C(F)(F)F)ccc1N1CCCC1)c1ccccc1. The third-order valence-electron chi connectivity index (χ3n) is 4.07. The maximum Gasteiger partial charge on any atom is 0.416 e. The van der Waals surface area contributed by atoms with Crippen molar-refractivity contribution in [3.05, 3.63) is 54.1 Å². The van der Waals surface area contributed by atoms with Crippen molar-refractivity contribution < 1.29 is 21.6 Å². The monoisotopic (exact) mass is 370 g/mol. The van der Waals surface area contributed by atoms with E-state index in [1.807, 2.05) is 4.90 Å². The minimum atomic E-state index is -4.55. The third-order valence-corrected chi connectivity index (χ3v) is 5.45. The Balaban J connectivity index is 2.02. The standard InChI is InChI=1S/C17H17F3N2O2S/c18-17(19,20)13-8-9-16(22-10-4-5-11-22)15(12-13)21-25(23,24)14-6-2-1-3-7-14/h1-3,6-9,12,21H,4-5,10-11H2. The number of nitrogens with one attached hydrogen (secondary N) is 1. The number of anilines is 2. The van der Waals surface area contributed by atoms with Crippen molar-refractivity contribution in [2.45, 2.75) is 23.9 Å². The molecule has 25 heavy (non-hydrogen) atoms. The molecule has 2 aromatic carbocycles. The summed E-state index contributed by atoms with van der Waals surface area (Å²) >= 11 is 0. The average molecular weight is 370 g/mol. The van der Waals surface area contributed by atoms with E-state index in [1.54, 1.807) is 18.2 Å². The van der Waals surface area contributed by atoms with E-state index in [0.29, 0.717) is 18.8 Å². The van der Waals surface area contributed by atoms with Crippen molar-refractivity contribution in [1.82, 2.24) is 0 Å². The van der Waals surface area contributed by atoms with Crippen molar-refractivity contribution in [2.24, 2.45) is 0 Å². The minimum Gasteiger partial charge on any atom is -0.370 e. The summed E-state index contributed by atoms with van der Waals surface area (Å²) in [5, 5.41) is 0. The predicted molar refractivity (Wildman–Crippen MR) is 90.1 cm³/mol. The Morgan fingerprint density at radius 2 is 1.60 bits per heavy atom. The maximum atomic E-state index is 13.0. The van der Waals surface area contributed by atoms with Gasteiger partial charge in [-0.25, -0.2) is 8.42 Å². The molecule has 0 spiro atoms. The van der Waals surface area contributed by atoms with Gasteiger partial charge in [-0.05, 0) is 43.2 Å². The molecule has 0 aliphatic carbocycles. The van der Waals surface area contributed by atoms with E-state index < -0.39 is 21.8 Å². The number of halogens is 3. The highest BCUT2D eigenvalue weighted by atomic mass is 32.2. The second-order valence-electron chi connectivity index (χ2n) is 5.84. The molecule has 1 heterocycles. The second kappa shape index (κ2) is 6.59. The van der Waals surface area contributed by atoms with Gasteiger partial charge in [0, 0.05) is 13.1 Å². The molecule has 8 heteroatoms. The molecular formula is C17H17F3N2O2S. The summed E-state index contributed by atoms with van der Waals surface area (Å²) in [6.45, 7) is 1.37. The van der Waals surface area contributed by atoms with E-state index in [1.165, 1.54) is 18.2 Å². The van der Waals surface area contributed by atoms with Gasteiger partial charge in [-0.2, -0.15) is 13.2 Å². The molecule has 2 aromatic rings.